The monoisotopic (exact) mass is 458 g/mol. The summed E-state index contributed by atoms with van der Waals surface area (Å²) in [6.07, 6.45) is 0.767. The standard InChI is InChI=1S/C25H15ClN2O5/c26-13-9-10-18(19(11-13)28(32)33)27-23(30)21-20-14-5-1-3-7-16(14)25(12-29,22(21)24(27)31)17-8-4-2-6-15(17)20/h1-12,20-22H/t20?,21-,22+,25?/m0/s1. The van der Waals surface area contributed by atoms with Crippen LogP contribution in [0.25, 0.3) is 0 Å². The second-order valence-corrected chi connectivity index (χ2v) is 8.98. The lowest BCUT2D eigenvalue weighted by molar-refractivity contribution is -0.384. The summed E-state index contributed by atoms with van der Waals surface area (Å²) in [5, 5.41) is 11.8. The van der Waals surface area contributed by atoms with E-state index in [2.05, 4.69) is 0 Å². The van der Waals surface area contributed by atoms with E-state index >= 15 is 0 Å². The molecule has 162 valence electrons. The molecular formula is C25H15ClN2O5. The van der Waals surface area contributed by atoms with Crippen molar-refractivity contribution in [2.24, 2.45) is 11.8 Å². The molecule has 0 N–H and O–H groups in total. The molecule has 2 atom stereocenters. The zero-order valence-electron chi connectivity index (χ0n) is 17.0. The minimum atomic E-state index is -1.35. The van der Waals surface area contributed by atoms with Crippen LogP contribution in [0.15, 0.2) is 66.7 Å². The molecule has 0 saturated carbocycles. The van der Waals surface area contributed by atoms with Crippen molar-refractivity contribution in [3.8, 4) is 0 Å². The highest BCUT2D eigenvalue weighted by Crippen LogP contribution is 2.63. The number of hydrogen-bond acceptors (Lipinski definition) is 5. The van der Waals surface area contributed by atoms with Gasteiger partial charge >= 0.3 is 0 Å². The zero-order chi connectivity index (χ0) is 23.1. The van der Waals surface area contributed by atoms with Gasteiger partial charge in [-0.15, -0.1) is 0 Å². The second kappa shape index (κ2) is 6.59. The number of halogens is 1. The fourth-order valence-corrected chi connectivity index (χ4v) is 6.27. The molecule has 0 aromatic heterocycles. The number of carbonyl (C=O) groups excluding carboxylic acids is 3. The Bertz CT molecular complexity index is 1370. The Balaban J connectivity index is 1.64. The first-order valence-corrected chi connectivity index (χ1v) is 10.8. The summed E-state index contributed by atoms with van der Waals surface area (Å²) in [4.78, 5) is 52.5. The highest BCUT2D eigenvalue weighted by atomic mass is 35.5. The quantitative estimate of drug-likeness (QED) is 0.256. The van der Waals surface area contributed by atoms with Crippen molar-refractivity contribution in [2.45, 2.75) is 11.3 Å². The third kappa shape index (κ3) is 2.27. The minimum Gasteiger partial charge on any atom is -0.302 e. The van der Waals surface area contributed by atoms with Gasteiger partial charge in [-0.3, -0.25) is 19.7 Å². The van der Waals surface area contributed by atoms with E-state index < -0.39 is 45.6 Å². The lowest BCUT2D eigenvalue weighted by Crippen LogP contribution is -2.54. The van der Waals surface area contributed by atoms with Crippen LogP contribution >= 0.6 is 11.6 Å². The smallest absolute Gasteiger partial charge is 0.294 e. The predicted molar refractivity (Wildman–Crippen MR) is 119 cm³/mol. The minimum absolute atomic E-state index is 0.117. The number of hydrogen-bond donors (Lipinski definition) is 0. The van der Waals surface area contributed by atoms with Gasteiger partial charge < -0.3 is 4.79 Å². The molecule has 7 nitrogen and oxygen atoms in total. The SMILES string of the molecule is O=CC12c3ccccc3C(c3ccccc31)[C@@H]1C(=O)N(c3ccc(Cl)cc3[N+](=O)[O-])C(=O)[C@@H]12. The molecule has 0 radical (unpaired) electrons. The molecule has 8 heteroatoms. The van der Waals surface area contributed by atoms with Crippen molar-refractivity contribution in [3.63, 3.8) is 0 Å². The van der Waals surface area contributed by atoms with E-state index in [4.69, 9.17) is 11.6 Å². The Morgan fingerprint density at radius 2 is 1.55 bits per heavy atom. The molecule has 2 bridgehead atoms. The molecule has 3 aromatic carbocycles. The number of anilines is 1. The first-order valence-electron chi connectivity index (χ1n) is 10.4. The van der Waals surface area contributed by atoms with Crippen LogP contribution in [-0.4, -0.2) is 23.0 Å². The molecule has 33 heavy (non-hydrogen) atoms. The molecule has 1 aliphatic heterocycles. The number of imide groups is 1. The molecule has 1 saturated heterocycles. The van der Waals surface area contributed by atoms with Crippen LogP contribution in [0.5, 0.6) is 0 Å². The normalized spacial score (nSPS) is 26.6. The second-order valence-electron chi connectivity index (χ2n) is 8.54. The van der Waals surface area contributed by atoms with E-state index in [-0.39, 0.29) is 10.7 Å². The van der Waals surface area contributed by atoms with Gasteiger partial charge in [-0.25, -0.2) is 4.90 Å². The Morgan fingerprint density at radius 3 is 2.12 bits per heavy atom. The van der Waals surface area contributed by atoms with Crippen LogP contribution < -0.4 is 4.90 Å². The molecule has 1 fully saturated rings. The van der Waals surface area contributed by atoms with Crippen LogP contribution in [0.1, 0.15) is 28.2 Å². The van der Waals surface area contributed by atoms with Gasteiger partial charge in [0, 0.05) is 17.0 Å². The Morgan fingerprint density at radius 1 is 0.939 bits per heavy atom. The van der Waals surface area contributed by atoms with Crippen molar-refractivity contribution in [3.05, 3.63) is 104 Å². The van der Waals surface area contributed by atoms with Gasteiger partial charge in [0.05, 0.1) is 22.2 Å². The van der Waals surface area contributed by atoms with Crippen molar-refractivity contribution in [1.82, 2.24) is 0 Å². The van der Waals surface area contributed by atoms with Gasteiger partial charge in [-0.1, -0.05) is 60.1 Å². The van der Waals surface area contributed by atoms with Crippen LogP contribution in [0.4, 0.5) is 11.4 Å². The van der Waals surface area contributed by atoms with E-state index in [0.29, 0.717) is 11.1 Å². The lowest BCUT2D eigenvalue weighted by Gasteiger charge is -2.51. The van der Waals surface area contributed by atoms with Crippen LogP contribution in [0, 0.1) is 22.0 Å². The molecule has 2 amide bonds. The van der Waals surface area contributed by atoms with Crippen molar-refractivity contribution in [2.75, 3.05) is 4.90 Å². The van der Waals surface area contributed by atoms with Crippen molar-refractivity contribution < 1.29 is 19.3 Å². The van der Waals surface area contributed by atoms with Gasteiger partial charge in [0.15, 0.2) is 0 Å². The van der Waals surface area contributed by atoms with Crippen molar-refractivity contribution >= 4 is 41.1 Å². The number of carbonyl (C=O) groups is 3. The molecule has 3 aromatic rings. The Labute approximate surface area is 192 Å². The summed E-state index contributed by atoms with van der Waals surface area (Å²) >= 11 is 5.95. The summed E-state index contributed by atoms with van der Waals surface area (Å²) in [6.45, 7) is 0. The molecule has 4 aliphatic rings. The fourth-order valence-electron chi connectivity index (χ4n) is 6.10. The number of rotatable bonds is 3. The third-order valence-electron chi connectivity index (χ3n) is 7.24. The maximum atomic E-state index is 13.9. The molecular weight excluding hydrogens is 444 g/mol. The predicted octanol–water partition coefficient (Wildman–Crippen LogP) is 4.00. The average Bonchev–Trinajstić information content (AvgIpc) is 3.10. The van der Waals surface area contributed by atoms with Crippen LogP contribution in [0.3, 0.4) is 0 Å². The molecule has 0 spiro atoms. The lowest BCUT2D eigenvalue weighted by atomic mass is 9.48. The number of aldehydes is 1. The number of nitro groups is 1. The number of amides is 2. The van der Waals surface area contributed by atoms with Crippen LogP contribution in [-0.2, 0) is 19.8 Å². The van der Waals surface area contributed by atoms with E-state index in [1.54, 1.807) is 0 Å². The maximum absolute atomic E-state index is 13.9. The van der Waals surface area contributed by atoms with Crippen molar-refractivity contribution in [1.29, 1.82) is 0 Å². The Hall–Kier alpha value is -3.84. The molecule has 7 rings (SSSR count). The highest BCUT2D eigenvalue weighted by molar-refractivity contribution is 6.31. The molecule has 0 unspecified atom stereocenters. The third-order valence-corrected chi connectivity index (χ3v) is 7.48. The van der Waals surface area contributed by atoms with Gasteiger partial charge in [-0.05, 0) is 34.4 Å². The van der Waals surface area contributed by atoms with E-state index in [1.165, 1.54) is 12.1 Å². The Kier molecular flexibility index (Phi) is 3.95. The van der Waals surface area contributed by atoms with E-state index in [9.17, 15) is 24.5 Å². The average molecular weight is 459 g/mol. The summed E-state index contributed by atoms with van der Waals surface area (Å²) in [7, 11) is 0. The number of nitrogens with zero attached hydrogens (tertiary/aromatic N) is 2. The molecule has 1 heterocycles. The van der Waals surface area contributed by atoms with E-state index in [0.717, 1.165) is 28.4 Å². The van der Waals surface area contributed by atoms with Gasteiger partial charge in [-0.2, -0.15) is 0 Å². The maximum Gasteiger partial charge on any atom is 0.294 e. The summed E-state index contributed by atoms with van der Waals surface area (Å²) < 4.78 is 0. The number of benzene rings is 3. The van der Waals surface area contributed by atoms with Gasteiger partial charge in [0.25, 0.3) is 5.69 Å². The zero-order valence-corrected chi connectivity index (χ0v) is 17.7. The van der Waals surface area contributed by atoms with Gasteiger partial charge in [0.1, 0.15) is 12.0 Å². The summed E-state index contributed by atoms with van der Waals surface area (Å²) in [5.74, 6) is -3.43. The number of nitro benzene ring substituents is 1. The fraction of sp³-hybridized carbons (Fsp3) is 0.160. The van der Waals surface area contributed by atoms with E-state index in [1.807, 2.05) is 48.5 Å². The first kappa shape index (κ1) is 19.8. The van der Waals surface area contributed by atoms with Crippen LogP contribution in [0.2, 0.25) is 5.02 Å². The highest BCUT2D eigenvalue weighted by Gasteiger charge is 2.68. The molecule has 3 aliphatic carbocycles. The van der Waals surface area contributed by atoms with Gasteiger partial charge in [0.2, 0.25) is 11.8 Å². The largest absolute Gasteiger partial charge is 0.302 e. The topological polar surface area (TPSA) is 97.6 Å². The summed E-state index contributed by atoms with van der Waals surface area (Å²) in [5.41, 5.74) is 1.15. The summed E-state index contributed by atoms with van der Waals surface area (Å²) in [6, 6.07) is 18.6. The first-order chi connectivity index (χ1) is 15.9.